The van der Waals surface area contributed by atoms with E-state index in [0.29, 0.717) is 12.8 Å². The van der Waals surface area contributed by atoms with Crippen LogP contribution in [0.25, 0.3) is 0 Å². The van der Waals surface area contributed by atoms with E-state index >= 15 is 0 Å². The van der Waals surface area contributed by atoms with Crippen LogP contribution < -0.4 is 5.32 Å². The number of carbonyl (C=O) groups excluding carboxylic acids is 5. The van der Waals surface area contributed by atoms with Crippen molar-refractivity contribution in [1.82, 2.24) is 5.32 Å². The van der Waals surface area contributed by atoms with Crippen LogP contribution in [-0.2, 0) is 76.9 Å². The molecule has 1 fully saturated rings. The van der Waals surface area contributed by atoms with Crippen molar-refractivity contribution in [3.05, 3.63) is 108 Å². The Morgan fingerprint density at radius 1 is 0.448 bits per heavy atom. The Labute approximate surface area is 528 Å². The first-order chi connectivity index (χ1) is 42.6. The zero-order valence-corrected chi connectivity index (χ0v) is 54.4. The Hall–Kier alpha value is -4.80. The average molecular weight is 1230 g/mol. The second-order valence-electron chi connectivity index (χ2n) is 23.6. The minimum absolute atomic E-state index is 0.0579. The number of rotatable bonds is 52. The molecule has 6 unspecified atom stereocenters. The summed E-state index contributed by atoms with van der Waals surface area (Å²) in [6.45, 7) is 5.67. The average Bonchev–Trinajstić information content (AvgIpc) is 3.54. The van der Waals surface area contributed by atoms with Crippen LogP contribution in [0.1, 0.15) is 249 Å². The number of unbranched alkanes of at least 4 members (excludes halogenated alkanes) is 28. The Kier molecular flexibility index (Phi) is 42.9. The van der Waals surface area contributed by atoms with Gasteiger partial charge in [0.15, 0.2) is 23.6 Å². The molecular weight excluding hydrogens is 1120 g/mol. The van der Waals surface area contributed by atoms with E-state index in [-0.39, 0.29) is 75.7 Å². The summed E-state index contributed by atoms with van der Waals surface area (Å²) in [4.78, 5) is 66.0. The van der Waals surface area contributed by atoms with Gasteiger partial charge in [-0.15, -0.1) is 0 Å². The second kappa shape index (κ2) is 50.0. The molecule has 1 saturated heterocycles. The molecule has 1 heterocycles. The molecular formula is C72H111NO13S. The molecule has 3 aromatic carbocycles. The highest BCUT2D eigenvalue weighted by Gasteiger charge is 2.50. The predicted octanol–water partition coefficient (Wildman–Crippen LogP) is 17.4. The highest BCUT2D eigenvalue weighted by Crippen LogP contribution is 2.33. The van der Waals surface area contributed by atoms with Crippen molar-refractivity contribution in [2.24, 2.45) is 0 Å². The number of alkyl carbamates (subject to hydrolysis) is 1. The molecule has 0 saturated carbocycles. The summed E-state index contributed by atoms with van der Waals surface area (Å²) in [5, 5.41) is 2.44. The summed E-state index contributed by atoms with van der Waals surface area (Å²) in [6, 6.07) is 28.3. The van der Waals surface area contributed by atoms with E-state index in [4.69, 9.17) is 37.9 Å². The molecule has 87 heavy (non-hydrogen) atoms. The molecule has 15 heteroatoms. The molecule has 3 aromatic rings. The third-order valence-electron chi connectivity index (χ3n) is 15.8. The first kappa shape index (κ1) is 74.7. The molecule has 0 aromatic heterocycles. The van der Waals surface area contributed by atoms with Crippen LogP contribution in [0.4, 0.5) is 4.79 Å². The topological polar surface area (TPSA) is 171 Å². The summed E-state index contributed by atoms with van der Waals surface area (Å²) in [7, 11) is 0. The first-order valence-corrected chi connectivity index (χ1v) is 34.8. The number of benzene rings is 3. The van der Waals surface area contributed by atoms with E-state index in [2.05, 4.69) is 19.2 Å². The van der Waals surface area contributed by atoms with Crippen LogP contribution >= 0.6 is 11.8 Å². The van der Waals surface area contributed by atoms with Gasteiger partial charge in [-0.25, -0.2) is 4.79 Å². The van der Waals surface area contributed by atoms with Gasteiger partial charge in [-0.2, -0.15) is 0 Å². The maximum absolute atomic E-state index is 13.9. The lowest BCUT2D eigenvalue weighted by Gasteiger charge is -2.45. The second-order valence-corrected chi connectivity index (χ2v) is 24.8. The number of hydrogen-bond donors (Lipinski definition) is 1. The zero-order chi connectivity index (χ0) is 62.0. The van der Waals surface area contributed by atoms with Gasteiger partial charge in [0.2, 0.25) is 0 Å². The van der Waals surface area contributed by atoms with Gasteiger partial charge in [0.1, 0.15) is 31.5 Å². The highest BCUT2D eigenvalue weighted by molar-refractivity contribution is 8.13. The predicted molar refractivity (Wildman–Crippen MR) is 347 cm³/mol. The van der Waals surface area contributed by atoms with Crippen molar-refractivity contribution < 1.29 is 61.9 Å². The van der Waals surface area contributed by atoms with Crippen LogP contribution in [0.5, 0.6) is 0 Å². The van der Waals surface area contributed by atoms with Gasteiger partial charge in [0, 0.05) is 32.1 Å². The molecule has 4 rings (SSSR count). The molecule has 1 aliphatic rings. The Morgan fingerprint density at radius 3 is 1.31 bits per heavy atom. The van der Waals surface area contributed by atoms with E-state index in [9.17, 15) is 24.0 Å². The molecule has 6 atom stereocenters. The molecule has 488 valence electrons. The number of carbonyl (C=O) groups is 5. The summed E-state index contributed by atoms with van der Waals surface area (Å²) < 4.78 is 50.3. The normalized spacial score (nSPS) is 16.9. The van der Waals surface area contributed by atoms with Gasteiger partial charge in [0.25, 0.3) is 0 Å². The Bertz CT molecular complexity index is 2200. The van der Waals surface area contributed by atoms with Gasteiger partial charge in [-0.1, -0.05) is 296 Å². The van der Waals surface area contributed by atoms with Gasteiger partial charge >= 0.3 is 24.0 Å². The summed E-state index contributed by atoms with van der Waals surface area (Å²) in [5.41, 5.74) is 2.50. The first-order valence-electron chi connectivity index (χ1n) is 33.9. The lowest BCUT2D eigenvalue weighted by molar-refractivity contribution is -0.317. The zero-order valence-electron chi connectivity index (χ0n) is 53.6. The minimum atomic E-state index is -1.21. The fourth-order valence-corrected chi connectivity index (χ4v) is 11.4. The smallest absolute Gasteiger partial charge is 0.407 e. The summed E-state index contributed by atoms with van der Waals surface area (Å²) >= 11 is 0.999. The van der Waals surface area contributed by atoms with Gasteiger partial charge in [-0.05, 0) is 29.5 Å². The van der Waals surface area contributed by atoms with E-state index in [1.165, 1.54) is 148 Å². The molecule has 14 nitrogen and oxygen atoms in total. The fraction of sp³-hybridized carbons (Fsp3) is 0.681. The quantitative estimate of drug-likeness (QED) is 0.0321. The van der Waals surface area contributed by atoms with Crippen LogP contribution in [0.3, 0.4) is 0 Å². The summed E-state index contributed by atoms with van der Waals surface area (Å²) in [6.07, 6.45) is 29.7. The lowest BCUT2D eigenvalue weighted by Crippen LogP contribution is -2.62. The fourth-order valence-electron chi connectivity index (χ4n) is 10.7. The molecule has 1 aliphatic heterocycles. The van der Waals surface area contributed by atoms with Crippen molar-refractivity contribution >= 4 is 40.9 Å². The van der Waals surface area contributed by atoms with Crippen LogP contribution in [0.15, 0.2) is 91.0 Å². The van der Waals surface area contributed by atoms with Gasteiger partial charge in [-0.3, -0.25) is 19.2 Å². The van der Waals surface area contributed by atoms with Crippen molar-refractivity contribution in [3.63, 3.8) is 0 Å². The molecule has 0 bridgehead atoms. The van der Waals surface area contributed by atoms with E-state index in [0.717, 1.165) is 67.0 Å². The largest absolute Gasteiger partial charge is 0.462 e. The maximum atomic E-state index is 13.9. The van der Waals surface area contributed by atoms with E-state index in [1.807, 2.05) is 91.0 Å². The van der Waals surface area contributed by atoms with E-state index < -0.39 is 54.8 Å². The van der Waals surface area contributed by atoms with Gasteiger partial charge in [0.05, 0.1) is 26.2 Å². The van der Waals surface area contributed by atoms with Crippen LogP contribution in [0.2, 0.25) is 0 Å². The number of amides is 1. The Morgan fingerprint density at radius 2 is 0.862 bits per heavy atom. The molecule has 0 spiro atoms. The molecule has 0 aliphatic carbocycles. The standard InChI is InChI=1S/C72H111NO13S/c1-4-6-8-10-12-14-16-18-20-22-24-26-28-30-41-49-65(75)79-56-63(84-66(76)50-42-31-29-27-25-23-21-19-17-15-13-11-9-7-5-2)57-82-71-70(81-54-61-45-37-33-38-46-61)69(80-53-60-43-35-32-36-44-60)68(64(85-71)58-87-59(3)74)86-67(77)51-52-73-72(78)83-55-62-47-39-34-40-48-62/h32-40,43-48,63-64,68-71H,4-31,41-42,49-58H2,1-3H3,(H,73,78). The Balaban J connectivity index is 1.42. The number of hydrogen-bond acceptors (Lipinski definition) is 14. The van der Waals surface area contributed by atoms with Crippen molar-refractivity contribution in [1.29, 1.82) is 0 Å². The number of ether oxygens (including phenoxy) is 8. The molecule has 1 N–H and O–H groups in total. The van der Waals surface area contributed by atoms with Crippen LogP contribution in [-0.4, -0.2) is 91.4 Å². The highest BCUT2D eigenvalue weighted by atomic mass is 32.2. The third kappa shape index (κ3) is 37.1. The molecule has 0 radical (unpaired) electrons. The van der Waals surface area contributed by atoms with E-state index in [1.54, 1.807) is 0 Å². The lowest BCUT2D eigenvalue weighted by atomic mass is 9.98. The molecule has 1 amide bonds. The van der Waals surface area contributed by atoms with Crippen LogP contribution in [0, 0.1) is 0 Å². The maximum Gasteiger partial charge on any atom is 0.407 e. The SMILES string of the molecule is CCCCCCCCCCCCCCCCCC(=O)OCC(COC1OC(CSC(C)=O)C(OC(=O)CCNC(=O)OCc2ccccc2)C(OCc2ccccc2)C1OCc1ccccc1)OC(=O)CCCCCCCCCCCCCCCCC. The monoisotopic (exact) mass is 1230 g/mol. The number of nitrogens with one attached hydrogen (secondary N) is 1. The number of thioether (sulfide) groups is 1. The summed E-state index contributed by atoms with van der Waals surface area (Å²) in [5.74, 6) is -1.39. The van der Waals surface area contributed by atoms with Gasteiger partial charge < -0.3 is 43.2 Å². The van der Waals surface area contributed by atoms with Crippen molar-refractivity contribution in [2.45, 2.75) is 289 Å². The van der Waals surface area contributed by atoms with Crippen molar-refractivity contribution in [3.8, 4) is 0 Å². The third-order valence-corrected chi connectivity index (χ3v) is 16.7. The van der Waals surface area contributed by atoms with Crippen molar-refractivity contribution in [2.75, 3.05) is 25.5 Å². The minimum Gasteiger partial charge on any atom is -0.462 e. The number of esters is 3.